The van der Waals surface area contributed by atoms with Gasteiger partial charge in [-0.1, -0.05) is 6.92 Å². The first kappa shape index (κ1) is 9.47. The predicted molar refractivity (Wildman–Crippen MR) is 53.8 cm³/mol. The van der Waals surface area contributed by atoms with E-state index < -0.39 is 0 Å². The molecule has 1 aliphatic heterocycles. The van der Waals surface area contributed by atoms with Crippen LogP contribution in [-0.2, 0) is 4.74 Å². The van der Waals surface area contributed by atoms with Crippen LogP contribution in [0.15, 0.2) is 0 Å². The molecule has 2 fully saturated rings. The lowest BCUT2D eigenvalue weighted by atomic mass is 9.85. The zero-order valence-electron chi connectivity index (χ0n) is 8.83. The van der Waals surface area contributed by atoms with Crippen molar-refractivity contribution >= 4 is 0 Å². The summed E-state index contributed by atoms with van der Waals surface area (Å²) in [6, 6.07) is 0.845. The van der Waals surface area contributed by atoms with Crippen LogP contribution in [0.2, 0.25) is 0 Å². The third-order valence-corrected chi connectivity index (χ3v) is 3.74. The predicted octanol–water partition coefficient (Wildman–Crippen LogP) is 1.90. The fraction of sp³-hybridized carbons (Fsp3) is 1.00. The second-order valence-corrected chi connectivity index (χ2v) is 4.70. The first-order valence-corrected chi connectivity index (χ1v) is 5.56. The maximum Gasteiger partial charge on any atom is 0.0601 e. The largest absolute Gasteiger partial charge is 0.381 e. The number of hydrogen-bond acceptors (Lipinski definition) is 2. The molecule has 2 aliphatic rings. The van der Waals surface area contributed by atoms with Crippen LogP contribution in [0.25, 0.3) is 0 Å². The Balaban J connectivity index is 1.71. The molecule has 0 unspecified atom stereocenters. The molecule has 1 aliphatic carbocycles. The lowest BCUT2D eigenvalue weighted by Gasteiger charge is -2.44. The number of hydrogen-bond donors (Lipinski definition) is 0. The number of likely N-dealkylation sites (tertiary alicyclic amines) is 1. The normalized spacial score (nSPS) is 37.4. The minimum atomic E-state index is 0.560. The highest BCUT2D eigenvalue weighted by Crippen LogP contribution is 2.30. The summed E-state index contributed by atoms with van der Waals surface area (Å²) in [5, 5.41) is 0. The molecular weight excluding hydrogens is 162 g/mol. The lowest BCUT2D eigenvalue weighted by molar-refractivity contribution is -0.0355. The molecule has 0 N–H and O–H groups in total. The van der Waals surface area contributed by atoms with Gasteiger partial charge in [0.1, 0.15) is 0 Å². The van der Waals surface area contributed by atoms with Crippen molar-refractivity contribution < 1.29 is 4.74 Å². The Bertz CT molecular complexity index is 157. The topological polar surface area (TPSA) is 12.5 Å². The van der Waals surface area contributed by atoms with Crippen LogP contribution in [0.3, 0.4) is 0 Å². The van der Waals surface area contributed by atoms with Gasteiger partial charge < -0.3 is 9.64 Å². The molecule has 1 saturated heterocycles. The van der Waals surface area contributed by atoms with Gasteiger partial charge in [0.05, 0.1) is 6.10 Å². The molecule has 0 aromatic heterocycles. The van der Waals surface area contributed by atoms with Crippen molar-refractivity contribution in [2.75, 3.05) is 20.2 Å². The van der Waals surface area contributed by atoms with Crippen molar-refractivity contribution in [2.45, 2.75) is 44.8 Å². The second kappa shape index (κ2) is 3.97. The van der Waals surface area contributed by atoms with Crippen molar-refractivity contribution in [3.8, 4) is 0 Å². The van der Waals surface area contributed by atoms with Crippen LogP contribution < -0.4 is 0 Å². The first-order valence-electron chi connectivity index (χ1n) is 5.56. The minimum absolute atomic E-state index is 0.560. The van der Waals surface area contributed by atoms with Crippen molar-refractivity contribution in [2.24, 2.45) is 5.92 Å². The van der Waals surface area contributed by atoms with Gasteiger partial charge in [0.25, 0.3) is 0 Å². The van der Waals surface area contributed by atoms with Crippen molar-refractivity contribution in [1.82, 2.24) is 4.90 Å². The van der Waals surface area contributed by atoms with Crippen molar-refractivity contribution in [1.29, 1.82) is 0 Å². The highest BCUT2D eigenvalue weighted by molar-refractivity contribution is 4.89. The number of methoxy groups -OCH3 is 1. The van der Waals surface area contributed by atoms with Crippen LogP contribution in [0.5, 0.6) is 0 Å². The van der Waals surface area contributed by atoms with Gasteiger partial charge in [0.15, 0.2) is 0 Å². The average Bonchev–Trinajstić information content (AvgIpc) is 2.06. The van der Waals surface area contributed by atoms with Gasteiger partial charge in [0.2, 0.25) is 0 Å². The molecule has 13 heavy (non-hydrogen) atoms. The van der Waals surface area contributed by atoms with Gasteiger partial charge in [-0.2, -0.15) is 0 Å². The Kier molecular flexibility index (Phi) is 2.89. The third-order valence-electron chi connectivity index (χ3n) is 3.74. The smallest absolute Gasteiger partial charge is 0.0601 e. The lowest BCUT2D eigenvalue weighted by Crippen LogP contribution is -2.50. The Labute approximate surface area is 81.3 Å². The summed E-state index contributed by atoms with van der Waals surface area (Å²) in [5.41, 5.74) is 0. The molecule has 1 heterocycles. The Morgan fingerprint density at radius 1 is 1.15 bits per heavy atom. The third kappa shape index (κ3) is 2.05. The molecule has 0 atom stereocenters. The molecule has 0 aromatic rings. The monoisotopic (exact) mass is 183 g/mol. The summed E-state index contributed by atoms with van der Waals surface area (Å²) in [5.74, 6) is 0.953. The van der Waals surface area contributed by atoms with E-state index in [1.54, 1.807) is 0 Å². The molecule has 0 aromatic carbocycles. The zero-order valence-corrected chi connectivity index (χ0v) is 8.83. The SMILES string of the molecule is CO[C@H]1C[C@H](N2CCC(C)CC2)C1. The van der Waals surface area contributed by atoms with Gasteiger partial charge >= 0.3 is 0 Å². The van der Waals surface area contributed by atoms with E-state index >= 15 is 0 Å². The van der Waals surface area contributed by atoms with Crippen LogP contribution in [0.4, 0.5) is 0 Å². The number of ether oxygens (including phenoxy) is 1. The van der Waals surface area contributed by atoms with E-state index in [1.807, 2.05) is 7.11 Å². The molecule has 2 rings (SSSR count). The second-order valence-electron chi connectivity index (χ2n) is 4.70. The van der Waals surface area contributed by atoms with Gasteiger partial charge in [-0.15, -0.1) is 0 Å². The zero-order chi connectivity index (χ0) is 9.26. The van der Waals surface area contributed by atoms with Gasteiger partial charge in [-0.05, 0) is 44.7 Å². The number of piperidine rings is 1. The Hall–Kier alpha value is -0.0800. The maximum absolute atomic E-state index is 5.30. The molecule has 1 saturated carbocycles. The van der Waals surface area contributed by atoms with Crippen LogP contribution in [0, 0.1) is 5.92 Å². The molecular formula is C11H21NO. The molecule has 2 heteroatoms. The Morgan fingerprint density at radius 3 is 2.31 bits per heavy atom. The molecule has 76 valence electrons. The summed E-state index contributed by atoms with van der Waals surface area (Å²) in [7, 11) is 1.83. The number of rotatable bonds is 2. The van der Waals surface area contributed by atoms with Crippen LogP contribution in [-0.4, -0.2) is 37.2 Å². The van der Waals surface area contributed by atoms with E-state index in [-0.39, 0.29) is 0 Å². The first-order chi connectivity index (χ1) is 6.29. The highest BCUT2D eigenvalue weighted by Gasteiger charge is 2.34. The van der Waals surface area contributed by atoms with Crippen molar-refractivity contribution in [3.63, 3.8) is 0 Å². The van der Waals surface area contributed by atoms with Crippen molar-refractivity contribution in [3.05, 3.63) is 0 Å². The van der Waals surface area contributed by atoms with E-state index in [1.165, 1.54) is 38.8 Å². The summed E-state index contributed by atoms with van der Waals surface area (Å²) >= 11 is 0. The fourth-order valence-corrected chi connectivity index (χ4v) is 2.42. The molecule has 2 nitrogen and oxygen atoms in total. The van der Waals surface area contributed by atoms with E-state index in [2.05, 4.69) is 11.8 Å². The van der Waals surface area contributed by atoms with Crippen LogP contribution in [0.1, 0.15) is 32.6 Å². The van der Waals surface area contributed by atoms with Gasteiger partial charge in [0, 0.05) is 13.2 Å². The minimum Gasteiger partial charge on any atom is -0.381 e. The molecule has 0 radical (unpaired) electrons. The van der Waals surface area contributed by atoms with Crippen LogP contribution >= 0.6 is 0 Å². The van der Waals surface area contributed by atoms with E-state index in [0.29, 0.717) is 6.10 Å². The molecule has 0 amide bonds. The Morgan fingerprint density at radius 2 is 1.77 bits per heavy atom. The summed E-state index contributed by atoms with van der Waals surface area (Å²) < 4.78 is 5.30. The maximum atomic E-state index is 5.30. The number of nitrogens with zero attached hydrogens (tertiary/aromatic N) is 1. The van der Waals surface area contributed by atoms with E-state index in [4.69, 9.17) is 4.74 Å². The average molecular weight is 183 g/mol. The standard InChI is InChI=1S/C11H21NO/c1-9-3-5-12(6-4-9)10-7-11(8-10)13-2/h9-11H,3-8H2,1-2H3/t10-,11-. The molecule has 0 bridgehead atoms. The molecule has 0 spiro atoms. The summed E-state index contributed by atoms with van der Waals surface area (Å²) in [6.07, 6.45) is 5.89. The van der Waals surface area contributed by atoms with E-state index in [0.717, 1.165) is 12.0 Å². The van der Waals surface area contributed by atoms with Gasteiger partial charge in [-0.3, -0.25) is 0 Å². The quantitative estimate of drug-likeness (QED) is 0.648. The summed E-state index contributed by atoms with van der Waals surface area (Å²) in [4.78, 5) is 2.66. The van der Waals surface area contributed by atoms with E-state index in [9.17, 15) is 0 Å². The highest BCUT2D eigenvalue weighted by atomic mass is 16.5. The van der Waals surface area contributed by atoms with Gasteiger partial charge in [-0.25, -0.2) is 0 Å². The summed E-state index contributed by atoms with van der Waals surface area (Å²) in [6.45, 7) is 5.01. The fourth-order valence-electron chi connectivity index (χ4n) is 2.42.